The molecule has 1 radical (unpaired) electrons. The molecule has 2 aromatic rings. The number of amides is 2. The number of aromatic hydroxyl groups is 2. The molecule has 4 aliphatic rings. The summed E-state index contributed by atoms with van der Waals surface area (Å²) in [5.41, 5.74) is 5.65. The van der Waals surface area contributed by atoms with Crippen LogP contribution in [-0.2, 0) is 22.4 Å². The molecule has 2 bridgehead atoms. The predicted octanol–water partition coefficient (Wildman–Crippen LogP) is 3.15. The Kier molecular flexibility index (Phi) is 10.6. The molecule has 0 aliphatic carbocycles. The number of aliphatic hydroxyl groups is 1. The molecule has 4 heterocycles. The van der Waals surface area contributed by atoms with Crippen molar-refractivity contribution < 1.29 is 78.4 Å². The normalized spacial score (nSPS) is 25.1. The van der Waals surface area contributed by atoms with Gasteiger partial charge in [0.15, 0.2) is 11.5 Å². The Labute approximate surface area is 306 Å². The largest absolute Gasteiger partial charge is 0.507 e. The second-order valence-corrected chi connectivity index (χ2v) is 13.2. The van der Waals surface area contributed by atoms with Gasteiger partial charge in [0.2, 0.25) is 18.6 Å². The van der Waals surface area contributed by atoms with Crippen LogP contribution in [0.2, 0.25) is 0 Å². The van der Waals surface area contributed by atoms with E-state index in [-0.39, 0.29) is 98.8 Å². The van der Waals surface area contributed by atoms with Crippen molar-refractivity contribution in [3.63, 3.8) is 0 Å². The molecule has 11 nitrogen and oxygen atoms in total. The Morgan fingerprint density at radius 3 is 2.46 bits per heavy atom. The number of rotatable bonds is 8. The van der Waals surface area contributed by atoms with Crippen molar-refractivity contribution in [1.29, 1.82) is 0 Å². The SMILES string of the molecule is CCCCCC(=O)N[C@@H](C)C(=O)NC[C@H]1c2c(c(O)c(C)c3c2OCO3)CC2[C@H]3c4c(cc(C)c(C)c4O)C[C@@H]([C@H](O)N21)N3C.[Ac]. The summed E-state index contributed by atoms with van der Waals surface area (Å²) in [4.78, 5) is 29.9. The van der Waals surface area contributed by atoms with E-state index in [9.17, 15) is 24.9 Å². The topological polar surface area (TPSA) is 144 Å². The zero-order chi connectivity index (χ0) is 32.3. The van der Waals surface area contributed by atoms with Gasteiger partial charge in [-0.1, -0.05) is 25.8 Å². The summed E-state index contributed by atoms with van der Waals surface area (Å²) in [6.45, 7) is 9.54. The van der Waals surface area contributed by atoms with Crippen molar-refractivity contribution in [1.82, 2.24) is 20.4 Å². The summed E-state index contributed by atoms with van der Waals surface area (Å²) >= 11 is 0. The summed E-state index contributed by atoms with van der Waals surface area (Å²) in [5, 5.41) is 40.9. The molecule has 0 saturated carbocycles. The minimum absolute atomic E-state index is 0. The van der Waals surface area contributed by atoms with Gasteiger partial charge >= 0.3 is 0 Å². The zero-order valence-electron chi connectivity index (χ0n) is 27.6. The Bertz CT molecular complexity index is 1530. The second kappa shape index (κ2) is 13.8. The van der Waals surface area contributed by atoms with Crippen LogP contribution >= 0.6 is 0 Å². The maximum atomic E-state index is 13.3. The van der Waals surface area contributed by atoms with E-state index >= 15 is 0 Å². The van der Waals surface area contributed by atoms with Gasteiger partial charge in [0, 0.05) is 85.3 Å². The van der Waals surface area contributed by atoms with E-state index in [0.717, 1.165) is 41.5 Å². The standard InChI is InChI=1S/C34H46N4O7.Ac/c1-7-8-9-10-25(39)36-19(5)33(42)35-14-24-27-21(29(40)18(4)31-32(27)45-15-44-31)13-22-28-26-20(11-16(2)17(3)30(26)41)12-23(37(28)6)34(43)38(22)24;/h11,19,22-24,28,34,40-41,43H,7-10,12-15H2,1-6H3,(H,35,42)(H,36,39);/t19-,22?,23-,24-,28-,34-;/m0./s1. The molecule has 46 heavy (non-hydrogen) atoms. The van der Waals surface area contributed by atoms with Gasteiger partial charge in [-0.05, 0) is 70.7 Å². The molecular weight excluding hydrogens is 803 g/mol. The number of aryl methyl sites for hydroxylation is 1. The number of hydrogen-bond donors (Lipinski definition) is 5. The fourth-order valence-electron chi connectivity index (χ4n) is 7.98. The molecule has 2 aromatic carbocycles. The first kappa shape index (κ1) is 35.2. The maximum Gasteiger partial charge on any atom is 0.242 e. The van der Waals surface area contributed by atoms with Crippen molar-refractivity contribution in [2.45, 2.75) is 110 Å². The molecule has 1 saturated heterocycles. The summed E-state index contributed by atoms with van der Waals surface area (Å²) in [5.74, 6) is 0.849. The van der Waals surface area contributed by atoms with Crippen LogP contribution in [0.15, 0.2) is 6.07 Å². The average molecular weight is 850 g/mol. The third kappa shape index (κ3) is 5.80. The van der Waals surface area contributed by atoms with Crippen molar-refractivity contribution in [3.8, 4) is 23.0 Å². The van der Waals surface area contributed by atoms with Crippen molar-refractivity contribution in [3.05, 3.63) is 45.0 Å². The fraction of sp³-hybridized carbons (Fsp3) is 0.588. The van der Waals surface area contributed by atoms with Crippen LogP contribution in [-0.4, -0.2) is 81.7 Å². The quantitative estimate of drug-likeness (QED) is 0.254. The van der Waals surface area contributed by atoms with Gasteiger partial charge in [0.05, 0.1) is 18.1 Å². The number of phenols is 2. The van der Waals surface area contributed by atoms with Crippen LogP contribution in [0, 0.1) is 64.8 Å². The number of carbonyl (C=O) groups excluding carboxylic acids is 2. The van der Waals surface area contributed by atoms with E-state index in [2.05, 4.69) is 28.5 Å². The first-order valence-corrected chi connectivity index (χ1v) is 16.2. The average Bonchev–Trinajstić information content (AvgIpc) is 3.50. The van der Waals surface area contributed by atoms with Crippen molar-refractivity contribution in [2.24, 2.45) is 0 Å². The Balaban J connectivity index is 0.00000417. The van der Waals surface area contributed by atoms with E-state index < -0.39 is 18.3 Å². The number of carbonyl (C=O) groups is 2. The second-order valence-electron chi connectivity index (χ2n) is 13.2. The number of fused-ring (bicyclic) bond motifs is 9. The van der Waals surface area contributed by atoms with Gasteiger partial charge in [-0.3, -0.25) is 19.4 Å². The number of phenolic OH excluding ortho intramolecular Hbond substituents is 2. The van der Waals surface area contributed by atoms with Crippen LogP contribution in [0.5, 0.6) is 23.0 Å². The molecule has 1 unspecified atom stereocenters. The van der Waals surface area contributed by atoms with Gasteiger partial charge in [0.1, 0.15) is 23.8 Å². The minimum atomic E-state index is -0.916. The summed E-state index contributed by atoms with van der Waals surface area (Å²) in [6, 6.07) is -0.109. The Hall–Kier alpha value is -2.10. The van der Waals surface area contributed by atoms with Crippen molar-refractivity contribution in [2.75, 3.05) is 20.4 Å². The third-order valence-electron chi connectivity index (χ3n) is 10.5. The minimum Gasteiger partial charge on any atom is -0.507 e. The number of hydrogen-bond acceptors (Lipinski definition) is 9. The summed E-state index contributed by atoms with van der Waals surface area (Å²) in [6.07, 6.45) is 3.12. The number of likely N-dealkylation sites (N-methyl/N-ethyl adjacent to an activating group) is 1. The number of piperazine rings is 1. The van der Waals surface area contributed by atoms with E-state index in [4.69, 9.17) is 9.47 Å². The van der Waals surface area contributed by atoms with E-state index in [0.29, 0.717) is 47.5 Å². The molecule has 1 fully saturated rings. The number of unbranched alkanes of at least 4 members (excludes halogenated alkanes) is 2. The zero-order valence-corrected chi connectivity index (χ0v) is 32.4. The predicted molar refractivity (Wildman–Crippen MR) is 167 cm³/mol. The number of benzene rings is 2. The summed E-state index contributed by atoms with van der Waals surface area (Å²) < 4.78 is 11.8. The van der Waals surface area contributed by atoms with E-state index in [1.807, 2.05) is 25.8 Å². The molecule has 2 amide bonds. The first-order valence-electron chi connectivity index (χ1n) is 16.2. The van der Waals surface area contributed by atoms with Crippen LogP contribution in [0.25, 0.3) is 0 Å². The molecule has 0 aromatic heterocycles. The molecule has 6 atom stereocenters. The first-order chi connectivity index (χ1) is 21.5. The Morgan fingerprint density at radius 2 is 1.74 bits per heavy atom. The molecular formula is C34H46AcN4O7. The number of ether oxygens (including phenoxy) is 2. The summed E-state index contributed by atoms with van der Waals surface area (Å²) in [7, 11) is 1.98. The van der Waals surface area contributed by atoms with Gasteiger partial charge in [-0.15, -0.1) is 0 Å². The van der Waals surface area contributed by atoms with Crippen molar-refractivity contribution >= 4 is 11.8 Å². The molecule has 6 rings (SSSR count). The van der Waals surface area contributed by atoms with E-state index in [1.54, 1.807) is 13.8 Å². The number of nitrogens with zero attached hydrogens (tertiary/aromatic N) is 2. The van der Waals surface area contributed by atoms with Crippen LogP contribution in [0.4, 0.5) is 0 Å². The van der Waals surface area contributed by atoms with Crippen LogP contribution in [0.1, 0.15) is 90.6 Å². The van der Waals surface area contributed by atoms with E-state index in [1.165, 1.54) is 0 Å². The fourth-order valence-corrected chi connectivity index (χ4v) is 7.98. The van der Waals surface area contributed by atoms with Crippen LogP contribution in [0.3, 0.4) is 0 Å². The Morgan fingerprint density at radius 1 is 1.02 bits per heavy atom. The third-order valence-corrected chi connectivity index (χ3v) is 10.5. The molecule has 247 valence electrons. The number of nitrogens with one attached hydrogen (secondary N) is 2. The smallest absolute Gasteiger partial charge is 0.242 e. The maximum absolute atomic E-state index is 13.3. The van der Waals surface area contributed by atoms with Crippen LogP contribution < -0.4 is 20.1 Å². The monoisotopic (exact) mass is 849 g/mol. The molecule has 0 spiro atoms. The van der Waals surface area contributed by atoms with Gasteiger partial charge in [0.25, 0.3) is 0 Å². The van der Waals surface area contributed by atoms with Gasteiger partial charge in [-0.25, -0.2) is 0 Å². The molecule has 5 N–H and O–H groups in total. The molecule has 12 heteroatoms. The number of aliphatic hydroxyl groups excluding tert-OH is 1. The van der Waals surface area contributed by atoms with Gasteiger partial charge < -0.3 is 35.4 Å². The molecule has 4 aliphatic heterocycles. The van der Waals surface area contributed by atoms with Gasteiger partial charge in [-0.2, -0.15) is 0 Å².